The summed E-state index contributed by atoms with van der Waals surface area (Å²) >= 11 is 3.67. The second-order valence-corrected chi connectivity index (χ2v) is 13.3. The van der Waals surface area contributed by atoms with Gasteiger partial charge < -0.3 is 28.8 Å². The number of hydrogen-bond acceptors (Lipinski definition) is 4. The Balaban J connectivity index is 1.41. The van der Waals surface area contributed by atoms with E-state index >= 15 is 0 Å². The topological polar surface area (TPSA) is 77.7 Å². The molecule has 3 aliphatic heterocycles. The molecule has 0 radical (unpaired) electrons. The first-order valence-electron chi connectivity index (χ1n) is 15.0. The molecule has 4 aromatic carbocycles. The molecule has 1 fully saturated rings. The predicted octanol–water partition coefficient (Wildman–Crippen LogP) is 6.81. The molecule has 45 heavy (non-hydrogen) atoms. The smallest absolute Gasteiger partial charge is 0.253 e. The number of aromatic nitrogens is 2. The molecule has 0 saturated carbocycles. The first kappa shape index (κ1) is 27.1. The van der Waals surface area contributed by atoms with E-state index in [1.54, 1.807) is 19.1 Å². The van der Waals surface area contributed by atoms with Gasteiger partial charge in [-0.15, -0.1) is 0 Å². The van der Waals surface area contributed by atoms with Gasteiger partial charge in [-0.1, -0.05) is 34.1 Å². The van der Waals surface area contributed by atoms with Gasteiger partial charge in [0.2, 0.25) is 0 Å². The number of carbonyl (C=O) groups excluding carboxylic acids is 2. The van der Waals surface area contributed by atoms with Gasteiger partial charge in [-0.05, 0) is 61.0 Å². The number of para-hydroxylation sites is 1. The zero-order valence-electron chi connectivity index (χ0n) is 24.7. The van der Waals surface area contributed by atoms with Gasteiger partial charge in [0.1, 0.15) is 18.1 Å². The molecule has 3 aliphatic rings. The number of halogens is 2. The fourth-order valence-electron chi connectivity index (χ4n) is 8.36. The van der Waals surface area contributed by atoms with Gasteiger partial charge in [0, 0.05) is 58.7 Å². The number of carbonyl (C=O) groups is 2. The van der Waals surface area contributed by atoms with E-state index in [4.69, 9.17) is 9.47 Å². The molecule has 2 amide bonds. The molecule has 2 aromatic heterocycles. The zero-order chi connectivity index (χ0) is 30.9. The number of fused-ring (bicyclic) bond motifs is 13. The Morgan fingerprint density at radius 3 is 2.62 bits per heavy atom. The van der Waals surface area contributed by atoms with Crippen LogP contribution >= 0.6 is 15.9 Å². The molecule has 226 valence electrons. The van der Waals surface area contributed by atoms with E-state index in [0.29, 0.717) is 24.1 Å². The molecule has 6 aromatic rings. The molecule has 4 atom stereocenters. The molecule has 0 aliphatic carbocycles. The van der Waals surface area contributed by atoms with E-state index in [9.17, 15) is 14.0 Å². The first-order valence-corrected chi connectivity index (χ1v) is 15.8. The number of ether oxygens (including phenoxy) is 2. The third kappa shape index (κ3) is 3.36. The summed E-state index contributed by atoms with van der Waals surface area (Å²) in [6.45, 7) is 2.47. The lowest BCUT2D eigenvalue weighted by Crippen LogP contribution is -2.61. The Bertz CT molecular complexity index is 2290. The van der Waals surface area contributed by atoms with Crippen molar-refractivity contribution in [2.75, 3.05) is 14.2 Å². The molecular formula is C35H28BrFN4O4. The number of hydrogen-bond donors (Lipinski definition) is 1. The van der Waals surface area contributed by atoms with E-state index < -0.39 is 29.9 Å². The molecule has 10 heteroatoms. The number of amides is 2. The maximum absolute atomic E-state index is 13.9. The van der Waals surface area contributed by atoms with Gasteiger partial charge in [0.05, 0.1) is 33.7 Å². The number of likely N-dealkylation sites (N-methyl/N-ethyl adjacent to an activating group) is 1. The van der Waals surface area contributed by atoms with E-state index in [2.05, 4.69) is 54.6 Å². The minimum Gasteiger partial charge on any atom is -0.374 e. The van der Waals surface area contributed by atoms with Crippen LogP contribution in [0.25, 0.3) is 43.6 Å². The Morgan fingerprint density at radius 2 is 1.84 bits per heavy atom. The fraction of sp³-hybridized carbons (Fsp3) is 0.257. The van der Waals surface area contributed by atoms with Gasteiger partial charge in [0.25, 0.3) is 11.8 Å². The fourth-order valence-corrected chi connectivity index (χ4v) is 8.72. The maximum Gasteiger partial charge on any atom is 0.253 e. The quantitative estimate of drug-likeness (QED) is 0.225. The number of nitrogens with zero attached hydrogens (tertiary/aromatic N) is 3. The minimum absolute atomic E-state index is 0.0839. The van der Waals surface area contributed by atoms with Crippen LogP contribution in [0.2, 0.25) is 0 Å². The average Bonchev–Trinajstić information content (AvgIpc) is 3.68. The van der Waals surface area contributed by atoms with Gasteiger partial charge in [-0.2, -0.15) is 0 Å². The van der Waals surface area contributed by atoms with E-state index in [-0.39, 0.29) is 11.8 Å². The van der Waals surface area contributed by atoms with Crippen molar-refractivity contribution >= 4 is 71.4 Å². The lowest BCUT2D eigenvalue weighted by atomic mass is 9.91. The highest BCUT2D eigenvalue weighted by Gasteiger charge is 2.55. The van der Waals surface area contributed by atoms with Crippen molar-refractivity contribution < 1.29 is 23.5 Å². The van der Waals surface area contributed by atoms with Crippen LogP contribution in [0.15, 0.2) is 71.2 Å². The second-order valence-electron chi connectivity index (χ2n) is 12.4. The third-order valence-electron chi connectivity index (χ3n) is 10.2. The van der Waals surface area contributed by atoms with Gasteiger partial charge in [-0.25, -0.2) is 4.39 Å². The number of rotatable bonds is 3. The molecule has 0 unspecified atom stereocenters. The Labute approximate surface area is 265 Å². The summed E-state index contributed by atoms with van der Waals surface area (Å²) in [5.74, 6) is -0.712. The second kappa shape index (κ2) is 9.15. The molecule has 1 saturated heterocycles. The van der Waals surface area contributed by atoms with Gasteiger partial charge >= 0.3 is 0 Å². The summed E-state index contributed by atoms with van der Waals surface area (Å²) in [5.41, 5.74) is 4.83. The highest BCUT2D eigenvalue weighted by Crippen LogP contribution is 2.54. The molecule has 8 nitrogen and oxygen atoms in total. The number of benzene rings is 4. The predicted molar refractivity (Wildman–Crippen MR) is 173 cm³/mol. The molecular weight excluding hydrogens is 639 g/mol. The number of methoxy groups -OCH3 is 1. The maximum atomic E-state index is 13.9. The van der Waals surface area contributed by atoms with Crippen molar-refractivity contribution in [2.45, 2.75) is 44.0 Å². The van der Waals surface area contributed by atoms with Crippen LogP contribution in [-0.2, 0) is 21.7 Å². The Hall–Kier alpha value is -4.25. The zero-order valence-corrected chi connectivity index (χ0v) is 26.3. The van der Waals surface area contributed by atoms with Crippen LogP contribution in [0.1, 0.15) is 45.9 Å². The van der Waals surface area contributed by atoms with Gasteiger partial charge in [-0.3, -0.25) is 9.59 Å². The van der Waals surface area contributed by atoms with Crippen molar-refractivity contribution in [3.63, 3.8) is 0 Å². The summed E-state index contributed by atoms with van der Waals surface area (Å²) in [4.78, 5) is 29.2. The summed E-state index contributed by atoms with van der Waals surface area (Å²) in [5, 5.41) is 7.01. The van der Waals surface area contributed by atoms with Crippen molar-refractivity contribution in [1.82, 2.24) is 19.4 Å². The highest BCUT2D eigenvalue weighted by atomic mass is 79.9. The molecule has 0 spiro atoms. The van der Waals surface area contributed by atoms with Gasteiger partial charge in [0.15, 0.2) is 5.72 Å². The SMILES string of the molecule is CO[C@@H]1[C@H](N(C)C(=O)c2ccc(F)cc2)C[C@H]2O[C@]1(C)n1c3ccccc3c3c4c(c5c6cc(Br)ccc6n2c5c31)C(=O)NC4. The summed E-state index contributed by atoms with van der Waals surface area (Å²) < 4.78 is 32.7. The summed E-state index contributed by atoms with van der Waals surface area (Å²) in [6.07, 6.45) is -0.643. The van der Waals surface area contributed by atoms with Crippen molar-refractivity contribution in [1.29, 1.82) is 0 Å². The Kier molecular flexibility index (Phi) is 5.51. The summed E-state index contributed by atoms with van der Waals surface area (Å²) in [7, 11) is 3.43. The summed E-state index contributed by atoms with van der Waals surface area (Å²) in [6, 6.07) is 19.6. The normalized spacial score (nSPS) is 23.7. The standard InChI is InChI=1S/C35H28BrFN4O4/c1-35-32(44-3)25(39(2)34(43)17-8-11-19(37)12-9-17)15-26(45-35)40-23-13-10-18(36)14-21(23)28-29-22(16-38-33(29)42)27-20-6-4-5-7-24(20)41(35)31(27)30(28)40/h4-14,25-26,32H,15-16H2,1-3H3,(H,38,42)/t25-,26-,32-,35+/m1/s1. The lowest BCUT2D eigenvalue weighted by Gasteiger charge is -2.50. The van der Waals surface area contributed by atoms with Crippen molar-refractivity contribution in [2.24, 2.45) is 0 Å². The van der Waals surface area contributed by atoms with Crippen LogP contribution in [0.5, 0.6) is 0 Å². The highest BCUT2D eigenvalue weighted by molar-refractivity contribution is 9.10. The monoisotopic (exact) mass is 666 g/mol. The minimum atomic E-state index is -1.06. The van der Waals surface area contributed by atoms with Crippen LogP contribution < -0.4 is 5.32 Å². The van der Waals surface area contributed by atoms with E-state index in [1.165, 1.54) is 24.3 Å². The van der Waals surface area contributed by atoms with E-state index in [0.717, 1.165) is 53.6 Å². The van der Waals surface area contributed by atoms with Crippen molar-refractivity contribution in [3.05, 3.63) is 93.7 Å². The first-order chi connectivity index (χ1) is 21.7. The van der Waals surface area contributed by atoms with Crippen molar-refractivity contribution in [3.8, 4) is 0 Å². The van der Waals surface area contributed by atoms with E-state index in [1.807, 2.05) is 25.1 Å². The molecule has 9 rings (SSSR count). The number of nitrogens with one attached hydrogen (secondary N) is 1. The van der Waals surface area contributed by atoms with Crippen LogP contribution in [0, 0.1) is 5.82 Å². The van der Waals surface area contributed by atoms with Crippen LogP contribution in [-0.4, -0.2) is 52.2 Å². The molecule has 2 bridgehead atoms. The lowest BCUT2D eigenvalue weighted by molar-refractivity contribution is -0.264. The largest absolute Gasteiger partial charge is 0.374 e. The molecule has 5 heterocycles. The van der Waals surface area contributed by atoms with Crippen LogP contribution in [0.4, 0.5) is 4.39 Å². The third-order valence-corrected chi connectivity index (χ3v) is 10.7. The van der Waals surface area contributed by atoms with Crippen LogP contribution in [0.3, 0.4) is 0 Å². The molecule has 1 N–H and O–H groups in total. The Morgan fingerprint density at radius 1 is 1.07 bits per heavy atom. The average molecular weight is 668 g/mol.